The molecule has 0 spiro atoms. The zero-order chi connectivity index (χ0) is 23.9. The van der Waals surface area contributed by atoms with E-state index in [-0.39, 0.29) is 11.2 Å². The summed E-state index contributed by atoms with van der Waals surface area (Å²) < 4.78 is 11.0. The van der Waals surface area contributed by atoms with Gasteiger partial charge in [-0.15, -0.1) is 11.3 Å². The van der Waals surface area contributed by atoms with Crippen molar-refractivity contribution < 1.29 is 23.5 Å². The van der Waals surface area contributed by atoms with Crippen molar-refractivity contribution in [2.75, 3.05) is 12.4 Å². The largest absolute Gasteiger partial charge is 0.465 e. The van der Waals surface area contributed by atoms with Crippen molar-refractivity contribution in [2.24, 2.45) is 16.3 Å². The smallest absolute Gasteiger partial charge is 0.341 e. The van der Waals surface area contributed by atoms with Crippen LogP contribution >= 0.6 is 11.3 Å². The highest BCUT2D eigenvalue weighted by Crippen LogP contribution is 2.41. The third-order valence-corrected chi connectivity index (χ3v) is 7.30. The summed E-state index contributed by atoms with van der Waals surface area (Å²) in [6, 6.07) is -0.761. The van der Waals surface area contributed by atoms with Crippen LogP contribution in [0.1, 0.15) is 81.4 Å². The number of thiophene rings is 1. The molecule has 33 heavy (non-hydrogen) atoms. The van der Waals surface area contributed by atoms with E-state index in [1.165, 1.54) is 18.4 Å². The van der Waals surface area contributed by atoms with Crippen LogP contribution in [0.3, 0.4) is 0 Å². The molecule has 0 aliphatic heterocycles. The predicted octanol–water partition coefficient (Wildman–Crippen LogP) is 3.91. The van der Waals surface area contributed by atoms with Gasteiger partial charge in [0.1, 0.15) is 10.8 Å². The van der Waals surface area contributed by atoms with Gasteiger partial charge in [0.15, 0.2) is 5.76 Å². The minimum atomic E-state index is -0.761. The van der Waals surface area contributed by atoms with Gasteiger partial charge in [-0.2, -0.15) is 5.10 Å². The van der Waals surface area contributed by atoms with E-state index in [9.17, 15) is 14.4 Å². The summed E-state index contributed by atoms with van der Waals surface area (Å²) in [7, 11) is 1.34. The second-order valence-electron chi connectivity index (χ2n) is 9.27. The van der Waals surface area contributed by atoms with Crippen LogP contribution in [-0.2, 0) is 24.0 Å². The Bertz CT molecular complexity index is 1170. The van der Waals surface area contributed by atoms with E-state index in [0.29, 0.717) is 46.0 Å². The number of hydrogen-bond donors (Lipinski definition) is 3. The van der Waals surface area contributed by atoms with E-state index in [4.69, 9.17) is 14.9 Å². The molecular formula is C23H28N4O5S. The van der Waals surface area contributed by atoms with Crippen LogP contribution in [0.2, 0.25) is 0 Å². The van der Waals surface area contributed by atoms with Gasteiger partial charge in [-0.25, -0.2) is 15.0 Å². The fourth-order valence-corrected chi connectivity index (χ4v) is 5.95. The van der Waals surface area contributed by atoms with Crippen LogP contribution in [0.4, 0.5) is 9.80 Å². The standard InChI is InChI=1S/C23H28N4O5S/c1-11-16-13(26-27-22(24)30)9-23(2,3)10-14(16)32-18(11)19(28)25-20-17(21(29)31-4)12-7-5-6-8-15(12)33-20/h5-10H2,1-4H3,(H,25,28)(H3,24,27,30)/b26-13-. The summed E-state index contributed by atoms with van der Waals surface area (Å²) in [5.74, 6) is -0.0937. The average molecular weight is 473 g/mol. The zero-order valence-corrected chi connectivity index (χ0v) is 20.0. The number of hydrogen-bond acceptors (Lipinski definition) is 7. The van der Waals surface area contributed by atoms with Crippen molar-refractivity contribution in [3.63, 3.8) is 0 Å². The van der Waals surface area contributed by atoms with Gasteiger partial charge >= 0.3 is 12.0 Å². The summed E-state index contributed by atoms with van der Waals surface area (Å²) in [5, 5.41) is 7.54. The third kappa shape index (κ3) is 4.39. The average Bonchev–Trinajstić information content (AvgIpc) is 3.27. The maximum atomic E-state index is 13.3. The number of primary amides is 1. The van der Waals surface area contributed by atoms with Crippen LogP contribution < -0.4 is 16.5 Å². The zero-order valence-electron chi connectivity index (χ0n) is 19.2. The number of aryl methyl sites for hydroxylation is 1. The molecule has 176 valence electrons. The maximum absolute atomic E-state index is 13.3. The van der Waals surface area contributed by atoms with Crippen molar-refractivity contribution in [3.8, 4) is 0 Å². The number of nitrogens with zero attached hydrogens (tertiary/aromatic N) is 1. The summed E-state index contributed by atoms with van der Waals surface area (Å²) in [5.41, 5.74) is 10.7. The van der Waals surface area contributed by atoms with Gasteiger partial charge in [0.25, 0.3) is 5.91 Å². The monoisotopic (exact) mass is 472 g/mol. The first kappa shape index (κ1) is 23.0. The van der Waals surface area contributed by atoms with Crippen molar-refractivity contribution in [2.45, 2.75) is 59.3 Å². The van der Waals surface area contributed by atoms with Gasteiger partial charge in [0.05, 0.1) is 18.4 Å². The van der Waals surface area contributed by atoms with Gasteiger partial charge in [-0.1, -0.05) is 13.8 Å². The summed E-state index contributed by atoms with van der Waals surface area (Å²) >= 11 is 1.42. The fraction of sp³-hybridized carbons (Fsp3) is 0.478. The van der Waals surface area contributed by atoms with Crippen LogP contribution in [0, 0.1) is 12.3 Å². The number of furan rings is 1. The van der Waals surface area contributed by atoms with Crippen molar-refractivity contribution in [1.29, 1.82) is 0 Å². The van der Waals surface area contributed by atoms with Crippen LogP contribution in [0.5, 0.6) is 0 Å². The van der Waals surface area contributed by atoms with Gasteiger partial charge < -0.3 is 20.2 Å². The van der Waals surface area contributed by atoms with E-state index in [1.807, 2.05) is 0 Å². The Kier molecular flexibility index (Phi) is 6.04. The van der Waals surface area contributed by atoms with Crippen molar-refractivity contribution in [3.05, 3.63) is 38.7 Å². The number of nitrogens with two attached hydrogens (primary N) is 1. The first-order valence-corrected chi connectivity index (χ1v) is 11.7. The normalized spacial score (nSPS) is 17.8. The first-order valence-electron chi connectivity index (χ1n) is 10.9. The number of carbonyl (C=O) groups is 3. The molecule has 0 radical (unpaired) electrons. The lowest BCUT2D eigenvalue weighted by atomic mass is 9.75. The molecular weight excluding hydrogens is 444 g/mol. The number of ether oxygens (including phenoxy) is 1. The molecule has 2 aromatic heterocycles. The Labute approximate surface area is 195 Å². The summed E-state index contributed by atoms with van der Waals surface area (Å²) in [6.45, 7) is 5.91. The van der Waals surface area contributed by atoms with E-state index in [0.717, 1.165) is 36.1 Å². The van der Waals surface area contributed by atoms with Gasteiger partial charge in [0, 0.05) is 22.4 Å². The van der Waals surface area contributed by atoms with Gasteiger partial charge in [0.2, 0.25) is 0 Å². The lowest BCUT2D eigenvalue weighted by Gasteiger charge is -2.29. The molecule has 3 amide bonds. The molecule has 10 heteroatoms. The lowest BCUT2D eigenvalue weighted by molar-refractivity contribution is 0.0601. The maximum Gasteiger partial charge on any atom is 0.341 e. The number of rotatable bonds is 4. The molecule has 0 atom stereocenters. The molecule has 0 fully saturated rings. The highest BCUT2D eigenvalue weighted by Gasteiger charge is 2.37. The minimum Gasteiger partial charge on any atom is -0.465 e. The van der Waals surface area contributed by atoms with Crippen LogP contribution in [-0.4, -0.2) is 30.7 Å². The molecule has 4 rings (SSSR count). The number of nitrogens with one attached hydrogen (secondary N) is 2. The number of esters is 1. The molecule has 0 unspecified atom stereocenters. The fourth-order valence-electron chi connectivity index (χ4n) is 4.68. The highest BCUT2D eigenvalue weighted by atomic mass is 32.1. The Morgan fingerprint density at radius 2 is 1.91 bits per heavy atom. The SMILES string of the molecule is COC(=O)c1c(NC(=O)c2oc3c(c2C)/C(=N\NC(N)=O)CC(C)(C)C3)sc2c1CCCC2. The van der Waals surface area contributed by atoms with Crippen molar-refractivity contribution in [1.82, 2.24) is 5.43 Å². The molecule has 4 N–H and O–H groups in total. The van der Waals surface area contributed by atoms with E-state index < -0.39 is 17.9 Å². The Balaban J connectivity index is 1.70. The molecule has 2 aromatic rings. The van der Waals surface area contributed by atoms with Gasteiger partial charge in [-0.05, 0) is 50.0 Å². The molecule has 0 aromatic carbocycles. The quantitative estimate of drug-likeness (QED) is 0.458. The molecule has 2 heterocycles. The van der Waals surface area contributed by atoms with E-state index in [1.54, 1.807) is 6.92 Å². The number of hydrazone groups is 1. The number of methoxy groups -OCH3 is 1. The predicted molar refractivity (Wildman–Crippen MR) is 125 cm³/mol. The molecule has 0 saturated carbocycles. The third-order valence-electron chi connectivity index (χ3n) is 6.09. The topological polar surface area (TPSA) is 136 Å². The first-order chi connectivity index (χ1) is 15.6. The van der Waals surface area contributed by atoms with Crippen LogP contribution in [0.25, 0.3) is 0 Å². The molecule has 2 aliphatic carbocycles. The summed E-state index contributed by atoms with van der Waals surface area (Å²) in [6.07, 6.45) is 4.95. The second kappa shape index (κ2) is 8.66. The number of urea groups is 1. The van der Waals surface area contributed by atoms with Gasteiger partial charge in [-0.3, -0.25) is 4.79 Å². The minimum absolute atomic E-state index is 0.159. The molecule has 0 saturated heterocycles. The summed E-state index contributed by atoms with van der Waals surface area (Å²) in [4.78, 5) is 38.1. The van der Waals surface area contributed by atoms with E-state index >= 15 is 0 Å². The second-order valence-corrected chi connectivity index (χ2v) is 10.4. The number of carbonyl (C=O) groups excluding carboxylic acids is 3. The number of anilines is 1. The Morgan fingerprint density at radius 3 is 2.61 bits per heavy atom. The lowest BCUT2D eigenvalue weighted by Crippen LogP contribution is -2.31. The van der Waals surface area contributed by atoms with E-state index in [2.05, 4.69) is 29.7 Å². The molecule has 2 aliphatic rings. The molecule has 0 bridgehead atoms. The van der Waals surface area contributed by atoms with Crippen LogP contribution in [0.15, 0.2) is 9.52 Å². The number of fused-ring (bicyclic) bond motifs is 2. The Morgan fingerprint density at radius 1 is 1.18 bits per heavy atom. The highest BCUT2D eigenvalue weighted by molar-refractivity contribution is 7.17. The molecule has 9 nitrogen and oxygen atoms in total. The Hall–Kier alpha value is -3.14. The number of amides is 3. The van der Waals surface area contributed by atoms with Crippen molar-refractivity contribution >= 4 is 40.0 Å².